The molecule has 0 fully saturated rings. The highest BCUT2D eigenvalue weighted by atomic mass is 35.5. The Bertz CT molecular complexity index is 393. The van der Waals surface area contributed by atoms with E-state index in [4.69, 9.17) is 11.6 Å². The highest BCUT2D eigenvalue weighted by Gasteiger charge is 2.10. The van der Waals surface area contributed by atoms with Crippen LogP contribution in [0.1, 0.15) is 25.8 Å². The van der Waals surface area contributed by atoms with Crippen molar-refractivity contribution in [1.82, 2.24) is 10.2 Å². The Kier molecular flexibility index (Phi) is 7.97. The summed E-state index contributed by atoms with van der Waals surface area (Å²) in [5, 5.41) is 4.21. The fourth-order valence-corrected chi connectivity index (χ4v) is 2.43. The molecule has 0 aromatic heterocycles. The number of hydrogen-bond acceptors (Lipinski definition) is 3. The molecule has 0 atom stereocenters. The maximum atomic E-state index is 6.18. The fourth-order valence-electron chi connectivity index (χ4n) is 2.27. The van der Waals surface area contributed by atoms with Crippen molar-refractivity contribution in [2.75, 3.05) is 45.2 Å². The molecule has 0 bridgehead atoms. The lowest BCUT2D eigenvalue weighted by molar-refractivity contribution is 0.400. The summed E-state index contributed by atoms with van der Waals surface area (Å²) in [6.07, 6.45) is 1.16. The SMILES string of the molecule is CCNCc1ccc(Cl)cc1N(CC)CCCN(C)C. The first kappa shape index (κ1) is 17.3. The summed E-state index contributed by atoms with van der Waals surface area (Å²) in [6, 6.07) is 6.20. The van der Waals surface area contributed by atoms with E-state index >= 15 is 0 Å². The Morgan fingerprint density at radius 2 is 1.90 bits per heavy atom. The van der Waals surface area contributed by atoms with E-state index < -0.39 is 0 Å². The van der Waals surface area contributed by atoms with Crippen LogP contribution in [0.5, 0.6) is 0 Å². The molecule has 0 aliphatic heterocycles. The maximum Gasteiger partial charge on any atom is 0.0426 e. The molecule has 0 amide bonds. The molecule has 0 radical (unpaired) electrons. The third-order valence-corrected chi connectivity index (χ3v) is 3.60. The topological polar surface area (TPSA) is 18.5 Å². The summed E-state index contributed by atoms with van der Waals surface area (Å²) in [5.74, 6) is 0. The van der Waals surface area contributed by atoms with E-state index in [-0.39, 0.29) is 0 Å². The standard InChI is InChI=1S/C16H28ClN3/c1-5-18-13-14-8-9-15(17)12-16(14)20(6-2)11-7-10-19(3)4/h8-9,12,18H,5-7,10-11,13H2,1-4H3. The zero-order valence-electron chi connectivity index (χ0n) is 13.2. The Morgan fingerprint density at radius 3 is 2.50 bits per heavy atom. The number of nitrogens with zero attached hydrogens (tertiary/aromatic N) is 2. The van der Waals surface area contributed by atoms with E-state index in [9.17, 15) is 0 Å². The van der Waals surface area contributed by atoms with Crippen LogP contribution in [0.3, 0.4) is 0 Å². The minimum absolute atomic E-state index is 0.811. The number of halogens is 1. The first-order valence-electron chi connectivity index (χ1n) is 7.47. The first-order chi connectivity index (χ1) is 9.58. The molecule has 0 heterocycles. The Balaban J connectivity index is 2.80. The van der Waals surface area contributed by atoms with Crippen molar-refractivity contribution >= 4 is 17.3 Å². The molecule has 0 saturated heterocycles. The predicted molar refractivity (Wildman–Crippen MR) is 89.9 cm³/mol. The third-order valence-electron chi connectivity index (χ3n) is 3.37. The van der Waals surface area contributed by atoms with Gasteiger partial charge in [0.2, 0.25) is 0 Å². The highest BCUT2D eigenvalue weighted by Crippen LogP contribution is 2.25. The number of hydrogen-bond donors (Lipinski definition) is 1. The molecular formula is C16H28ClN3. The molecule has 0 unspecified atom stereocenters. The molecule has 114 valence electrons. The molecule has 0 saturated carbocycles. The van der Waals surface area contributed by atoms with E-state index in [2.05, 4.69) is 55.2 Å². The van der Waals surface area contributed by atoms with Gasteiger partial charge in [-0.25, -0.2) is 0 Å². The Morgan fingerprint density at radius 1 is 1.15 bits per heavy atom. The summed E-state index contributed by atoms with van der Waals surface area (Å²) in [4.78, 5) is 4.65. The third kappa shape index (κ3) is 5.70. The van der Waals surface area contributed by atoms with Gasteiger partial charge in [-0.2, -0.15) is 0 Å². The van der Waals surface area contributed by atoms with Gasteiger partial charge in [0.05, 0.1) is 0 Å². The fraction of sp³-hybridized carbons (Fsp3) is 0.625. The van der Waals surface area contributed by atoms with Gasteiger partial charge >= 0.3 is 0 Å². The van der Waals surface area contributed by atoms with Crippen LogP contribution in [-0.2, 0) is 6.54 Å². The van der Waals surface area contributed by atoms with Gasteiger partial charge < -0.3 is 15.1 Å². The molecule has 0 aliphatic carbocycles. The minimum atomic E-state index is 0.811. The lowest BCUT2D eigenvalue weighted by atomic mass is 10.1. The van der Waals surface area contributed by atoms with E-state index in [1.807, 2.05) is 6.07 Å². The molecule has 1 N–H and O–H groups in total. The minimum Gasteiger partial charge on any atom is -0.371 e. The van der Waals surface area contributed by atoms with Crippen LogP contribution in [0.15, 0.2) is 18.2 Å². The Labute approximate surface area is 128 Å². The van der Waals surface area contributed by atoms with Crippen molar-refractivity contribution in [2.24, 2.45) is 0 Å². The lowest BCUT2D eigenvalue weighted by Gasteiger charge is -2.27. The van der Waals surface area contributed by atoms with E-state index in [0.717, 1.165) is 44.2 Å². The first-order valence-corrected chi connectivity index (χ1v) is 7.85. The second-order valence-electron chi connectivity index (χ2n) is 5.29. The van der Waals surface area contributed by atoms with Crippen molar-refractivity contribution in [3.05, 3.63) is 28.8 Å². The maximum absolute atomic E-state index is 6.18. The number of nitrogens with one attached hydrogen (secondary N) is 1. The van der Waals surface area contributed by atoms with Crippen LogP contribution in [-0.4, -0.2) is 45.2 Å². The summed E-state index contributed by atoms with van der Waals surface area (Å²) in [5.41, 5.74) is 2.59. The summed E-state index contributed by atoms with van der Waals surface area (Å²) >= 11 is 6.18. The van der Waals surface area contributed by atoms with Crippen molar-refractivity contribution in [1.29, 1.82) is 0 Å². The van der Waals surface area contributed by atoms with Gasteiger partial charge in [-0.1, -0.05) is 24.6 Å². The van der Waals surface area contributed by atoms with Crippen molar-refractivity contribution in [3.8, 4) is 0 Å². The van der Waals surface area contributed by atoms with Gasteiger partial charge in [0, 0.05) is 30.3 Å². The molecular weight excluding hydrogens is 270 g/mol. The molecule has 4 heteroatoms. The molecule has 1 aromatic rings. The van der Waals surface area contributed by atoms with Crippen molar-refractivity contribution in [2.45, 2.75) is 26.8 Å². The second-order valence-corrected chi connectivity index (χ2v) is 5.73. The van der Waals surface area contributed by atoms with Crippen LogP contribution in [0.25, 0.3) is 0 Å². The zero-order valence-corrected chi connectivity index (χ0v) is 14.0. The summed E-state index contributed by atoms with van der Waals surface area (Å²) in [6.45, 7) is 9.39. The molecule has 3 nitrogen and oxygen atoms in total. The summed E-state index contributed by atoms with van der Waals surface area (Å²) in [7, 11) is 4.23. The second kappa shape index (κ2) is 9.22. The quantitative estimate of drug-likeness (QED) is 0.755. The molecule has 20 heavy (non-hydrogen) atoms. The van der Waals surface area contributed by atoms with Crippen LogP contribution in [0.4, 0.5) is 5.69 Å². The van der Waals surface area contributed by atoms with Crippen LogP contribution in [0, 0.1) is 0 Å². The number of anilines is 1. The molecule has 1 aromatic carbocycles. The van der Waals surface area contributed by atoms with Crippen LogP contribution < -0.4 is 10.2 Å². The van der Waals surface area contributed by atoms with E-state index in [1.54, 1.807) is 0 Å². The van der Waals surface area contributed by atoms with E-state index in [1.165, 1.54) is 11.3 Å². The van der Waals surface area contributed by atoms with Crippen molar-refractivity contribution in [3.63, 3.8) is 0 Å². The van der Waals surface area contributed by atoms with Gasteiger partial charge in [-0.05, 0) is 58.2 Å². The lowest BCUT2D eigenvalue weighted by Crippen LogP contribution is -2.28. The van der Waals surface area contributed by atoms with Crippen LogP contribution >= 0.6 is 11.6 Å². The number of benzene rings is 1. The zero-order chi connectivity index (χ0) is 15.0. The smallest absolute Gasteiger partial charge is 0.0426 e. The predicted octanol–water partition coefficient (Wildman–Crippen LogP) is 3.23. The van der Waals surface area contributed by atoms with Gasteiger partial charge in [0.1, 0.15) is 0 Å². The summed E-state index contributed by atoms with van der Waals surface area (Å²) < 4.78 is 0. The monoisotopic (exact) mass is 297 g/mol. The molecule has 0 spiro atoms. The van der Waals surface area contributed by atoms with Gasteiger partial charge in [0.15, 0.2) is 0 Å². The number of rotatable bonds is 9. The highest BCUT2D eigenvalue weighted by molar-refractivity contribution is 6.30. The molecule has 0 aliphatic rings. The van der Waals surface area contributed by atoms with Crippen LogP contribution in [0.2, 0.25) is 5.02 Å². The normalized spacial score (nSPS) is 11.1. The largest absolute Gasteiger partial charge is 0.371 e. The van der Waals surface area contributed by atoms with Crippen molar-refractivity contribution < 1.29 is 0 Å². The average Bonchev–Trinajstić information content (AvgIpc) is 2.42. The van der Waals surface area contributed by atoms with E-state index in [0.29, 0.717) is 0 Å². The molecule has 1 rings (SSSR count). The van der Waals surface area contributed by atoms with Gasteiger partial charge in [-0.3, -0.25) is 0 Å². The average molecular weight is 298 g/mol. The Hall–Kier alpha value is -0.770. The van der Waals surface area contributed by atoms with Gasteiger partial charge in [0.25, 0.3) is 0 Å². The van der Waals surface area contributed by atoms with Gasteiger partial charge in [-0.15, -0.1) is 0 Å².